The Morgan fingerprint density at radius 2 is 0.569 bits per heavy atom. The van der Waals surface area contributed by atoms with E-state index in [0.29, 0.717) is 19.3 Å². The van der Waals surface area contributed by atoms with Crippen LogP contribution in [0, 0.1) is 0 Å². The van der Waals surface area contributed by atoms with Crippen LogP contribution in [0.4, 0.5) is 0 Å². The first kappa shape index (κ1) is 62.4. The maximum Gasteiger partial charge on any atom is 0.306 e. The van der Waals surface area contributed by atoms with E-state index in [9.17, 15) is 14.4 Å². The number of esters is 3. The molecule has 0 saturated carbocycles. The summed E-state index contributed by atoms with van der Waals surface area (Å²) in [5.74, 6) is -0.940. The van der Waals surface area contributed by atoms with E-state index in [1.165, 1.54) is 173 Å². The maximum absolute atomic E-state index is 12.8. The Labute approximate surface area is 403 Å². The van der Waals surface area contributed by atoms with Crippen molar-refractivity contribution in [3.8, 4) is 0 Å². The van der Waals surface area contributed by atoms with E-state index >= 15 is 0 Å². The average Bonchev–Trinajstić information content (AvgIpc) is 3.30. The Morgan fingerprint density at radius 1 is 0.308 bits per heavy atom. The number of hydrogen-bond donors (Lipinski definition) is 0. The second kappa shape index (κ2) is 54.0. The summed E-state index contributed by atoms with van der Waals surface area (Å²) >= 11 is 0. The SMILES string of the molecule is CCCCCCCC/C=C\C/C=C\C/C=C\CCCC(=O)OC[C@H](COC(=O)CCCCCCCCCCCCCCCCC)OC(=O)CCCCCCC/C=C\CCCCCCCC. The number of allylic oxidation sites excluding steroid dienone is 8. The van der Waals surface area contributed by atoms with E-state index in [1.54, 1.807) is 0 Å². The maximum atomic E-state index is 12.8. The Bertz CT molecular complexity index is 1140. The highest BCUT2D eigenvalue weighted by molar-refractivity contribution is 5.71. The highest BCUT2D eigenvalue weighted by atomic mass is 16.6. The van der Waals surface area contributed by atoms with Gasteiger partial charge in [-0.2, -0.15) is 0 Å². The third-order valence-electron chi connectivity index (χ3n) is 12.3. The Morgan fingerprint density at radius 3 is 0.938 bits per heavy atom. The molecule has 0 aromatic rings. The van der Waals surface area contributed by atoms with Gasteiger partial charge in [-0.25, -0.2) is 0 Å². The first-order valence-corrected chi connectivity index (χ1v) is 28.1. The summed E-state index contributed by atoms with van der Waals surface area (Å²) in [5.41, 5.74) is 0. The number of carbonyl (C=O) groups excluding carboxylic acids is 3. The fourth-order valence-electron chi connectivity index (χ4n) is 8.04. The van der Waals surface area contributed by atoms with Gasteiger partial charge in [0.1, 0.15) is 13.2 Å². The lowest BCUT2D eigenvalue weighted by Gasteiger charge is -2.18. The van der Waals surface area contributed by atoms with Crippen LogP contribution in [0.1, 0.15) is 290 Å². The van der Waals surface area contributed by atoms with Crippen molar-refractivity contribution < 1.29 is 28.6 Å². The Kier molecular flexibility index (Phi) is 51.8. The molecule has 378 valence electrons. The summed E-state index contributed by atoms with van der Waals surface area (Å²) in [7, 11) is 0. The van der Waals surface area contributed by atoms with Crippen LogP contribution in [0.3, 0.4) is 0 Å². The number of unbranched alkanes of at least 4 members (excludes halogenated alkanes) is 32. The normalized spacial score (nSPS) is 12.4. The highest BCUT2D eigenvalue weighted by Gasteiger charge is 2.19. The molecular formula is C59H106O6. The second-order valence-electron chi connectivity index (χ2n) is 18.8. The van der Waals surface area contributed by atoms with Gasteiger partial charge in [-0.15, -0.1) is 0 Å². The molecule has 65 heavy (non-hydrogen) atoms. The summed E-state index contributed by atoms with van der Waals surface area (Å²) in [6.45, 7) is 6.61. The third kappa shape index (κ3) is 52.2. The van der Waals surface area contributed by atoms with Crippen LogP contribution >= 0.6 is 0 Å². The van der Waals surface area contributed by atoms with Crippen LogP contribution in [0.25, 0.3) is 0 Å². The molecule has 0 rings (SSSR count). The minimum Gasteiger partial charge on any atom is -0.462 e. The van der Waals surface area contributed by atoms with Crippen LogP contribution in [0.15, 0.2) is 48.6 Å². The van der Waals surface area contributed by atoms with Gasteiger partial charge in [0.15, 0.2) is 6.10 Å². The summed E-state index contributed by atoms with van der Waals surface area (Å²) in [6.07, 6.45) is 65.3. The largest absolute Gasteiger partial charge is 0.462 e. The van der Waals surface area contributed by atoms with Crippen LogP contribution < -0.4 is 0 Å². The molecule has 0 N–H and O–H groups in total. The molecule has 0 spiro atoms. The van der Waals surface area contributed by atoms with Crippen molar-refractivity contribution in [3.63, 3.8) is 0 Å². The van der Waals surface area contributed by atoms with Gasteiger partial charge in [0.2, 0.25) is 0 Å². The molecule has 0 aliphatic rings. The monoisotopic (exact) mass is 911 g/mol. The summed E-state index contributed by atoms with van der Waals surface area (Å²) in [6, 6.07) is 0. The van der Waals surface area contributed by atoms with Gasteiger partial charge >= 0.3 is 17.9 Å². The zero-order valence-electron chi connectivity index (χ0n) is 43.3. The first-order valence-electron chi connectivity index (χ1n) is 28.1. The molecule has 0 aliphatic carbocycles. The lowest BCUT2D eigenvalue weighted by atomic mass is 10.0. The summed E-state index contributed by atoms with van der Waals surface area (Å²) in [5, 5.41) is 0. The topological polar surface area (TPSA) is 78.9 Å². The van der Waals surface area contributed by atoms with E-state index in [4.69, 9.17) is 14.2 Å². The first-order chi connectivity index (χ1) is 32.0. The van der Waals surface area contributed by atoms with Gasteiger partial charge in [0, 0.05) is 19.3 Å². The van der Waals surface area contributed by atoms with Crippen molar-refractivity contribution in [2.75, 3.05) is 13.2 Å². The molecule has 0 heterocycles. The quantitative estimate of drug-likeness (QED) is 0.0262. The minimum atomic E-state index is -0.795. The molecule has 0 aromatic carbocycles. The highest BCUT2D eigenvalue weighted by Crippen LogP contribution is 2.16. The molecule has 0 amide bonds. The second-order valence-corrected chi connectivity index (χ2v) is 18.8. The van der Waals surface area contributed by atoms with Crippen molar-refractivity contribution in [3.05, 3.63) is 48.6 Å². The Balaban J connectivity index is 4.44. The van der Waals surface area contributed by atoms with E-state index in [1.807, 2.05) is 0 Å². The fourth-order valence-corrected chi connectivity index (χ4v) is 8.04. The van der Waals surface area contributed by atoms with E-state index in [2.05, 4.69) is 69.4 Å². The predicted octanol–water partition coefficient (Wildman–Crippen LogP) is 18.7. The van der Waals surface area contributed by atoms with Crippen molar-refractivity contribution in [2.45, 2.75) is 297 Å². The number of carbonyl (C=O) groups is 3. The van der Waals surface area contributed by atoms with Gasteiger partial charge in [0.25, 0.3) is 0 Å². The molecule has 0 radical (unpaired) electrons. The van der Waals surface area contributed by atoms with Crippen molar-refractivity contribution in [2.24, 2.45) is 0 Å². The standard InChI is InChI=1S/C59H106O6/c1-4-7-10-13-16-19-22-25-28-29-32-34-37-40-43-46-49-52-58(61)64-55-56(65-59(62)53-50-47-44-41-38-35-31-27-24-21-18-15-12-9-6-3)54-63-57(60)51-48-45-42-39-36-33-30-26-23-20-17-14-11-8-5-2/h25,27-28,31-32,34,40,43,56H,4-24,26,29-30,33,35-39,41-42,44-55H2,1-3H3/b28-25-,31-27-,34-32-,43-40-/t56-/m0/s1. The molecular weight excluding hydrogens is 805 g/mol. The van der Waals surface area contributed by atoms with Gasteiger partial charge in [-0.1, -0.05) is 243 Å². The molecule has 0 saturated heterocycles. The molecule has 0 unspecified atom stereocenters. The minimum absolute atomic E-state index is 0.0891. The van der Waals surface area contributed by atoms with Crippen molar-refractivity contribution >= 4 is 17.9 Å². The van der Waals surface area contributed by atoms with Crippen molar-refractivity contribution in [1.29, 1.82) is 0 Å². The smallest absolute Gasteiger partial charge is 0.306 e. The number of rotatable bonds is 51. The van der Waals surface area contributed by atoms with Crippen LogP contribution in [0.2, 0.25) is 0 Å². The summed E-state index contributed by atoms with van der Waals surface area (Å²) < 4.78 is 16.8. The molecule has 6 nitrogen and oxygen atoms in total. The van der Waals surface area contributed by atoms with Crippen molar-refractivity contribution in [1.82, 2.24) is 0 Å². The van der Waals surface area contributed by atoms with Gasteiger partial charge in [-0.3, -0.25) is 14.4 Å². The third-order valence-corrected chi connectivity index (χ3v) is 12.3. The van der Waals surface area contributed by atoms with Gasteiger partial charge in [0.05, 0.1) is 0 Å². The Hall–Kier alpha value is -2.63. The molecule has 1 atom stereocenters. The average molecular weight is 911 g/mol. The molecule has 6 heteroatoms. The van der Waals surface area contributed by atoms with Gasteiger partial charge in [-0.05, 0) is 77.0 Å². The van der Waals surface area contributed by atoms with Crippen LogP contribution in [-0.4, -0.2) is 37.2 Å². The molecule has 0 aromatic heterocycles. The number of ether oxygens (including phenoxy) is 3. The zero-order chi connectivity index (χ0) is 47.2. The predicted molar refractivity (Wildman–Crippen MR) is 279 cm³/mol. The lowest BCUT2D eigenvalue weighted by Crippen LogP contribution is -2.30. The molecule has 0 bridgehead atoms. The zero-order valence-corrected chi connectivity index (χ0v) is 43.3. The van der Waals surface area contributed by atoms with E-state index < -0.39 is 6.10 Å². The van der Waals surface area contributed by atoms with E-state index in [-0.39, 0.29) is 37.5 Å². The fraction of sp³-hybridized carbons (Fsp3) is 0.814. The van der Waals surface area contributed by atoms with Crippen LogP contribution in [0.5, 0.6) is 0 Å². The summed E-state index contributed by atoms with van der Waals surface area (Å²) in [4.78, 5) is 38.1. The number of hydrogen-bond acceptors (Lipinski definition) is 6. The van der Waals surface area contributed by atoms with Crippen LogP contribution in [-0.2, 0) is 28.6 Å². The molecule has 0 aliphatic heterocycles. The molecule has 0 fully saturated rings. The lowest BCUT2D eigenvalue weighted by molar-refractivity contribution is -0.167. The van der Waals surface area contributed by atoms with Gasteiger partial charge < -0.3 is 14.2 Å². The van der Waals surface area contributed by atoms with E-state index in [0.717, 1.165) is 70.6 Å².